The van der Waals surface area contributed by atoms with Crippen LogP contribution < -0.4 is 0 Å². The van der Waals surface area contributed by atoms with Crippen LogP contribution in [0.15, 0.2) is 0 Å². The lowest BCUT2D eigenvalue weighted by Crippen LogP contribution is -2.24. The Labute approximate surface area is 75.1 Å². The largest absolute Gasteiger partial charge is 0.300 e. The van der Waals surface area contributed by atoms with Gasteiger partial charge in [0.1, 0.15) is 0 Å². The van der Waals surface area contributed by atoms with Gasteiger partial charge >= 0.3 is 0 Å². The van der Waals surface area contributed by atoms with E-state index < -0.39 is 0 Å². The second kappa shape index (κ2) is 2.06. The van der Waals surface area contributed by atoms with Gasteiger partial charge in [-0.05, 0) is 43.1 Å². The topological polar surface area (TPSA) is 3.24 Å². The third kappa shape index (κ3) is 0.891. The molecule has 3 rings (SSSR count). The smallest absolute Gasteiger partial charge is 0.0125 e. The second-order valence-electron chi connectivity index (χ2n) is 5.47. The van der Waals surface area contributed by atoms with Crippen molar-refractivity contribution in [1.82, 2.24) is 4.90 Å². The molecule has 4 unspecified atom stereocenters. The molecule has 0 aromatic carbocycles. The van der Waals surface area contributed by atoms with Gasteiger partial charge < -0.3 is 0 Å². The Morgan fingerprint density at radius 2 is 2.00 bits per heavy atom. The fraction of sp³-hybridized carbons (Fsp3) is 1.00. The fourth-order valence-electron chi connectivity index (χ4n) is 3.14. The van der Waals surface area contributed by atoms with Crippen LogP contribution >= 0.6 is 0 Å². The summed E-state index contributed by atoms with van der Waals surface area (Å²) in [6, 6.07) is 0.983. The molecular formula is C11H19N. The molecule has 2 aliphatic carbocycles. The van der Waals surface area contributed by atoms with E-state index in [0.717, 1.165) is 23.3 Å². The highest BCUT2D eigenvalue weighted by Crippen LogP contribution is 2.59. The third-order valence-corrected chi connectivity index (χ3v) is 4.55. The molecule has 3 fully saturated rings. The first-order chi connectivity index (χ1) is 5.71. The summed E-state index contributed by atoms with van der Waals surface area (Å²) in [5.41, 5.74) is 0.808. The lowest BCUT2D eigenvalue weighted by atomic mass is 10.0. The van der Waals surface area contributed by atoms with Crippen molar-refractivity contribution >= 4 is 0 Å². The van der Waals surface area contributed by atoms with Crippen molar-refractivity contribution in [1.29, 1.82) is 0 Å². The molecule has 0 aromatic rings. The lowest BCUT2D eigenvalue weighted by molar-refractivity contribution is 0.294. The van der Waals surface area contributed by atoms with Crippen LogP contribution in [0.4, 0.5) is 0 Å². The minimum absolute atomic E-state index is 0.808. The first-order valence-corrected chi connectivity index (χ1v) is 5.45. The van der Waals surface area contributed by atoms with Crippen LogP contribution in [0.25, 0.3) is 0 Å². The van der Waals surface area contributed by atoms with E-state index in [1.54, 1.807) is 0 Å². The summed E-state index contributed by atoms with van der Waals surface area (Å²) in [4.78, 5) is 2.76. The van der Waals surface area contributed by atoms with E-state index in [2.05, 4.69) is 18.7 Å². The first-order valence-electron chi connectivity index (χ1n) is 5.45. The van der Waals surface area contributed by atoms with E-state index in [1.807, 2.05) is 0 Å². The molecule has 3 aliphatic rings. The van der Waals surface area contributed by atoms with Gasteiger partial charge in [0.2, 0.25) is 0 Å². The zero-order chi connectivity index (χ0) is 8.34. The fourth-order valence-corrected chi connectivity index (χ4v) is 3.14. The van der Waals surface area contributed by atoms with Gasteiger partial charge in [0.25, 0.3) is 0 Å². The molecule has 0 radical (unpaired) electrons. The van der Waals surface area contributed by atoms with E-state index in [4.69, 9.17) is 0 Å². The van der Waals surface area contributed by atoms with Crippen molar-refractivity contribution in [3.05, 3.63) is 0 Å². The molecule has 4 atom stereocenters. The highest BCUT2D eigenvalue weighted by Gasteiger charge is 2.57. The molecule has 0 aromatic heterocycles. The summed E-state index contributed by atoms with van der Waals surface area (Å²) < 4.78 is 0. The summed E-state index contributed by atoms with van der Waals surface area (Å²) in [6.07, 6.45) is 4.49. The number of hydrogen-bond donors (Lipinski definition) is 0. The first kappa shape index (κ1) is 7.37. The standard InChI is InChI=1S/C11H19N/c1-8-5-10(8)12-4-3-11(7-12)6-9(11)2/h8-10H,3-7H2,1-2H3. The molecule has 1 heteroatoms. The van der Waals surface area contributed by atoms with Crippen molar-refractivity contribution in [2.75, 3.05) is 13.1 Å². The maximum absolute atomic E-state index is 2.76. The van der Waals surface area contributed by atoms with Crippen molar-refractivity contribution in [2.45, 2.75) is 39.2 Å². The molecule has 68 valence electrons. The molecule has 0 N–H and O–H groups in total. The van der Waals surface area contributed by atoms with Crippen LogP contribution in [0, 0.1) is 17.3 Å². The molecule has 0 bridgehead atoms. The SMILES string of the molecule is CC1CC1N1CCC2(CC2C)C1. The number of nitrogens with zero attached hydrogens (tertiary/aromatic N) is 1. The lowest BCUT2D eigenvalue weighted by Gasteiger charge is -2.15. The Morgan fingerprint density at radius 3 is 2.42 bits per heavy atom. The Bertz CT molecular complexity index is 213. The predicted octanol–water partition coefficient (Wildman–Crippen LogP) is 2.13. The third-order valence-electron chi connectivity index (χ3n) is 4.55. The summed E-state index contributed by atoms with van der Waals surface area (Å²) in [6.45, 7) is 7.66. The van der Waals surface area contributed by atoms with Gasteiger partial charge in [-0.25, -0.2) is 0 Å². The molecule has 1 aliphatic heterocycles. The maximum atomic E-state index is 2.76. The van der Waals surface area contributed by atoms with E-state index >= 15 is 0 Å². The predicted molar refractivity (Wildman–Crippen MR) is 50.0 cm³/mol. The average molecular weight is 165 g/mol. The van der Waals surface area contributed by atoms with Crippen molar-refractivity contribution < 1.29 is 0 Å². The van der Waals surface area contributed by atoms with Crippen LogP contribution in [0.3, 0.4) is 0 Å². The maximum Gasteiger partial charge on any atom is 0.0125 e. The monoisotopic (exact) mass is 165 g/mol. The van der Waals surface area contributed by atoms with Crippen molar-refractivity contribution in [3.63, 3.8) is 0 Å². The minimum Gasteiger partial charge on any atom is -0.300 e. The van der Waals surface area contributed by atoms with E-state index in [0.29, 0.717) is 0 Å². The number of rotatable bonds is 1. The molecule has 12 heavy (non-hydrogen) atoms. The number of likely N-dealkylation sites (tertiary alicyclic amines) is 1. The molecule has 1 saturated heterocycles. The molecule has 1 nitrogen and oxygen atoms in total. The molecular weight excluding hydrogens is 146 g/mol. The van der Waals surface area contributed by atoms with Gasteiger partial charge in [-0.1, -0.05) is 13.8 Å². The summed E-state index contributed by atoms with van der Waals surface area (Å²) in [7, 11) is 0. The van der Waals surface area contributed by atoms with Crippen LogP contribution in [-0.2, 0) is 0 Å². The molecule has 2 saturated carbocycles. The van der Waals surface area contributed by atoms with Crippen LogP contribution in [0.2, 0.25) is 0 Å². The normalized spacial score (nSPS) is 58.0. The van der Waals surface area contributed by atoms with Gasteiger partial charge in [-0.3, -0.25) is 4.90 Å². The molecule has 0 amide bonds. The van der Waals surface area contributed by atoms with E-state index in [9.17, 15) is 0 Å². The van der Waals surface area contributed by atoms with Gasteiger partial charge in [0.05, 0.1) is 0 Å². The van der Waals surface area contributed by atoms with E-state index in [1.165, 1.54) is 32.4 Å². The zero-order valence-electron chi connectivity index (χ0n) is 8.21. The van der Waals surface area contributed by atoms with E-state index in [-0.39, 0.29) is 0 Å². The minimum atomic E-state index is 0.808. The Hall–Kier alpha value is -0.0400. The van der Waals surface area contributed by atoms with Crippen molar-refractivity contribution in [3.8, 4) is 0 Å². The summed E-state index contributed by atoms with van der Waals surface area (Å²) in [5, 5.41) is 0. The highest BCUT2D eigenvalue weighted by molar-refractivity contribution is 5.08. The molecule has 1 spiro atoms. The highest BCUT2D eigenvalue weighted by atomic mass is 15.2. The van der Waals surface area contributed by atoms with Crippen LogP contribution in [-0.4, -0.2) is 24.0 Å². The number of hydrogen-bond acceptors (Lipinski definition) is 1. The Balaban J connectivity index is 1.64. The van der Waals surface area contributed by atoms with Gasteiger partial charge in [-0.2, -0.15) is 0 Å². The Morgan fingerprint density at radius 1 is 1.33 bits per heavy atom. The average Bonchev–Trinajstić information content (AvgIpc) is 2.79. The van der Waals surface area contributed by atoms with Gasteiger partial charge in [-0.15, -0.1) is 0 Å². The Kier molecular flexibility index (Phi) is 1.27. The zero-order valence-corrected chi connectivity index (χ0v) is 8.21. The van der Waals surface area contributed by atoms with Gasteiger partial charge in [0, 0.05) is 12.6 Å². The summed E-state index contributed by atoms with van der Waals surface area (Å²) in [5.74, 6) is 2.05. The van der Waals surface area contributed by atoms with Crippen molar-refractivity contribution in [2.24, 2.45) is 17.3 Å². The quantitative estimate of drug-likeness (QED) is 0.575. The van der Waals surface area contributed by atoms with Gasteiger partial charge in [0.15, 0.2) is 0 Å². The van der Waals surface area contributed by atoms with Crippen LogP contribution in [0.1, 0.15) is 33.1 Å². The molecule has 1 heterocycles. The summed E-state index contributed by atoms with van der Waals surface area (Å²) >= 11 is 0. The second-order valence-corrected chi connectivity index (χ2v) is 5.47. The van der Waals surface area contributed by atoms with Crippen LogP contribution in [0.5, 0.6) is 0 Å².